The van der Waals surface area contributed by atoms with Gasteiger partial charge in [-0.15, -0.1) is 0 Å². The highest BCUT2D eigenvalue weighted by molar-refractivity contribution is 5.92. The summed E-state index contributed by atoms with van der Waals surface area (Å²) in [5.41, 5.74) is 10.2. The van der Waals surface area contributed by atoms with E-state index in [4.69, 9.17) is 16.6 Å². The first kappa shape index (κ1) is 25.7. The Labute approximate surface area is 165 Å². The van der Waals surface area contributed by atoms with Crippen molar-refractivity contribution in [3.63, 3.8) is 0 Å². The van der Waals surface area contributed by atoms with Gasteiger partial charge in [-0.2, -0.15) is 0 Å². The fraction of sp³-hybridized carbons (Fsp3) is 0.600. The van der Waals surface area contributed by atoms with E-state index in [0.717, 1.165) is 0 Å². The molecule has 0 aromatic rings. The van der Waals surface area contributed by atoms with Gasteiger partial charge in [0.1, 0.15) is 6.04 Å². The van der Waals surface area contributed by atoms with Crippen molar-refractivity contribution >= 4 is 35.5 Å². The second kappa shape index (κ2) is 13.0. The van der Waals surface area contributed by atoms with E-state index < -0.39 is 66.8 Å². The van der Waals surface area contributed by atoms with E-state index in [0.29, 0.717) is 0 Å². The summed E-state index contributed by atoms with van der Waals surface area (Å²) in [7, 11) is 0. The van der Waals surface area contributed by atoms with Crippen molar-refractivity contribution < 1.29 is 39.0 Å². The Morgan fingerprint density at radius 1 is 0.931 bits per heavy atom. The molecule has 0 rings (SSSR count). The molecule has 0 bridgehead atoms. The molecule has 10 N–H and O–H groups in total. The molecule has 29 heavy (non-hydrogen) atoms. The maximum Gasteiger partial charge on any atom is 0.328 e. The minimum absolute atomic E-state index is 0.104. The van der Waals surface area contributed by atoms with Crippen molar-refractivity contribution in [3.05, 3.63) is 0 Å². The third kappa shape index (κ3) is 11.2. The van der Waals surface area contributed by atoms with Crippen molar-refractivity contribution in [2.75, 3.05) is 19.6 Å². The Morgan fingerprint density at radius 2 is 1.52 bits per heavy atom. The lowest BCUT2D eigenvalue weighted by Crippen LogP contribution is -2.52. The summed E-state index contributed by atoms with van der Waals surface area (Å²) in [6.45, 7) is -0.373. The van der Waals surface area contributed by atoms with E-state index in [1.165, 1.54) is 6.92 Å². The van der Waals surface area contributed by atoms with E-state index >= 15 is 0 Å². The molecule has 0 aromatic heterocycles. The molecule has 0 spiro atoms. The van der Waals surface area contributed by atoms with Crippen LogP contribution in [0.15, 0.2) is 0 Å². The number of carbonyl (C=O) groups excluding carboxylic acids is 5. The molecule has 0 aliphatic heterocycles. The number of rotatable bonds is 13. The molecule has 0 heterocycles. The highest BCUT2D eigenvalue weighted by Gasteiger charge is 2.25. The standard InChI is InChI=1S/C15H26N6O8/c1-7(22)13(15(28)29)21-12(26)6-18-11(25)5-19-14(27)8(2-3-9(17)23)20-10(24)4-16/h7-8,13,22H,2-6,16H2,1H3,(H2,17,23)(H,18,25)(H,19,27)(H,20,24)(H,21,26)(H,28,29). The number of amides is 5. The Morgan fingerprint density at radius 3 is 2.00 bits per heavy atom. The number of aliphatic carboxylic acids is 1. The first-order valence-electron chi connectivity index (χ1n) is 8.50. The molecule has 0 aliphatic carbocycles. The normalized spacial score (nSPS) is 13.3. The van der Waals surface area contributed by atoms with Crippen molar-refractivity contribution in [2.24, 2.45) is 11.5 Å². The molecule has 3 unspecified atom stereocenters. The zero-order chi connectivity index (χ0) is 22.6. The number of nitrogens with two attached hydrogens (primary N) is 2. The molecule has 14 heteroatoms. The van der Waals surface area contributed by atoms with E-state index in [-0.39, 0.29) is 19.4 Å². The smallest absolute Gasteiger partial charge is 0.328 e. The highest BCUT2D eigenvalue weighted by atomic mass is 16.4. The second-order valence-electron chi connectivity index (χ2n) is 5.95. The quantitative estimate of drug-likeness (QED) is 0.142. The van der Waals surface area contributed by atoms with Gasteiger partial charge >= 0.3 is 5.97 Å². The molecule has 0 aromatic carbocycles. The number of hydrogen-bond donors (Lipinski definition) is 8. The third-order valence-corrected chi connectivity index (χ3v) is 3.45. The van der Waals surface area contributed by atoms with Gasteiger partial charge in [-0.3, -0.25) is 24.0 Å². The number of carbonyl (C=O) groups is 6. The van der Waals surface area contributed by atoms with E-state index in [2.05, 4.69) is 16.0 Å². The summed E-state index contributed by atoms with van der Waals surface area (Å²) in [5, 5.41) is 26.8. The van der Waals surface area contributed by atoms with Gasteiger partial charge in [-0.25, -0.2) is 4.79 Å². The van der Waals surface area contributed by atoms with E-state index in [1.807, 2.05) is 5.32 Å². The lowest BCUT2D eigenvalue weighted by molar-refractivity contribution is -0.144. The average Bonchev–Trinajstić information content (AvgIpc) is 2.64. The van der Waals surface area contributed by atoms with Crippen LogP contribution in [-0.4, -0.2) is 83.5 Å². The number of carboxylic acid groups (broad SMARTS) is 1. The fourth-order valence-electron chi connectivity index (χ4n) is 1.95. The lowest BCUT2D eigenvalue weighted by atomic mass is 10.1. The summed E-state index contributed by atoms with van der Waals surface area (Å²) in [6, 6.07) is -2.69. The fourth-order valence-corrected chi connectivity index (χ4v) is 1.95. The Kier molecular flexibility index (Phi) is 11.5. The summed E-state index contributed by atoms with van der Waals surface area (Å²) >= 11 is 0. The molecular formula is C15H26N6O8. The summed E-state index contributed by atoms with van der Waals surface area (Å²) < 4.78 is 0. The molecule has 0 fully saturated rings. The van der Waals surface area contributed by atoms with Crippen molar-refractivity contribution in [3.8, 4) is 0 Å². The number of nitrogens with one attached hydrogen (secondary N) is 4. The van der Waals surface area contributed by atoms with E-state index in [9.17, 15) is 33.9 Å². The van der Waals surface area contributed by atoms with Crippen LogP contribution in [-0.2, 0) is 28.8 Å². The van der Waals surface area contributed by atoms with Crippen LogP contribution in [0.5, 0.6) is 0 Å². The molecule has 164 valence electrons. The highest BCUT2D eigenvalue weighted by Crippen LogP contribution is 1.97. The molecule has 14 nitrogen and oxygen atoms in total. The maximum absolute atomic E-state index is 12.1. The van der Waals surface area contributed by atoms with Gasteiger partial charge in [0.05, 0.1) is 25.7 Å². The summed E-state index contributed by atoms with van der Waals surface area (Å²) in [6.07, 6.45) is -1.65. The Balaban J connectivity index is 4.51. The van der Waals surface area contributed by atoms with Crippen LogP contribution in [0.4, 0.5) is 0 Å². The lowest BCUT2D eigenvalue weighted by Gasteiger charge is -2.18. The summed E-state index contributed by atoms with van der Waals surface area (Å²) in [4.78, 5) is 68.5. The second-order valence-corrected chi connectivity index (χ2v) is 5.95. The van der Waals surface area contributed by atoms with Crippen LogP contribution < -0.4 is 32.7 Å². The largest absolute Gasteiger partial charge is 0.480 e. The van der Waals surface area contributed by atoms with Gasteiger partial charge in [0.2, 0.25) is 29.5 Å². The van der Waals surface area contributed by atoms with Gasteiger partial charge in [0.15, 0.2) is 6.04 Å². The van der Waals surface area contributed by atoms with E-state index in [1.54, 1.807) is 0 Å². The first-order chi connectivity index (χ1) is 13.5. The third-order valence-electron chi connectivity index (χ3n) is 3.45. The van der Waals surface area contributed by atoms with Gasteiger partial charge in [-0.1, -0.05) is 0 Å². The Bertz CT molecular complexity index is 638. The number of aliphatic hydroxyl groups excluding tert-OH is 1. The zero-order valence-electron chi connectivity index (χ0n) is 15.8. The monoisotopic (exact) mass is 418 g/mol. The molecule has 0 saturated carbocycles. The van der Waals surface area contributed by atoms with Crippen LogP contribution >= 0.6 is 0 Å². The molecule has 0 saturated heterocycles. The van der Waals surface area contributed by atoms with Gasteiger partial charge in [0.25, 0.3) is 0 Å². The first-order valence-corrected chi connectivity index (χ1v) is 8.50. The van der Waals surface area contributed by atoms with Crippen molar-refractivity contribution in [1.82, 2.24) is 21.3 Å². The van der Waals surface area contributed by atoms with Gasteiger partial charge in [-0.05, 0) is 13.3 Å². The molecule has 3 atom stereocenters. The van der Waals surface area contributed by atoms with Crippen LogP contribution in [0.3, 0.4) is 0 Å². The minimum Gasteiger partial charge on any atom is -0.480 e. The molecule has 0 aliphatic rings. The number of carboxylic acids is 1. The predicted octanol–water partition coefficient (Wildman–Crippen LogP) is -5.12. The zero-order valence-corrected chi connectivity index (χ0v) is 15.8. The van der Waals surface area contributed by atoms with Crippen LogP contribution in [0.25, 0.3) is 0 Å². The van der Waals surface area contributed by atoms with Crippen molar-refractivity contribution in [1.29, 1.82) is 0 Å². The average molecular weight is 418 g/mol. The molecule has 5 amide bonds. The van der Waals surface area contributed by atoms with Gasteiger partial charge in [0, 0.05) is 6.42 Å². The van der Waals surface area contributed by atoms with Crippen LogP contribution in [0.1, 0.15) is 19.8 Å². The topological polar surface area (TPSA) is 243 Å². The number of primary amides is 1. The summed E-state index contributed by atoms with van der Waals surface area (Å²) in [5.74, 6) is -5.21. The predicted molar refractivity (Wildman–Crippen MR) is 96.7 cm³/mol. The van der Waals surface area contributed by atoms with Crippen LogP contribution in [0.2, 0.25) is 0 Å². The molecular weight excluding hydrogens is 392 g/mol. The Hall–Kier alpha value is -3.26. The van der Waals surface area contributed by atoms with Crippen LogP contribution in [0, 0.1) is 0 Å². The van der Waals surface area contributed by atoms with Gasteiger partial charge < -0.3 is 42.9 Å². The minimum atomic E-state index is -1.55. The SMILES string of the molecule is CC(O)C(NC(=O)CNC(=O)CNC(=O)C(CCC(N)=O)NC(=O)CN)C(=O)O. The molecule has 0 radical (unpaired) electrons. The maximum atomic E-state index is 12.1. The van der Waals surface area contributed by atoms with Crippen molar-refractivity contribution in [2.45, 2.75) is 38.0 Å². The number of aliphatic hydroxyl groups is 1. The number of hydrogen-bond acceptors (Lipinski definition) is 8.